The van der Waals surface area contributed by atoms with E-state index >= 15 is 0 Å². The van der Waals surface area contributed by atoms with Gasteiger partial charge in [0.05, 0.1) is 18.2 Å². The molecule has 0 bridgehead atoms. The minimum atomic E-state index is -1.23. The number of unbranched alkanes of at least 4 members (excludes halogenated alkanes) is 2. The van der Waals surface area contributed by atoms with E-state index in [1.165, 1.54) is 25.7 Å². The molecule has 0 spiro atoms. The fraction of sp³-hybridized carbons (Fsp3) is 0.674. The second-order valence-corrected chi connectivity index (χ2v) is 16.3. The Kier molecular flexibility index (Phi) is 14.1. The van der Waals surface area contributed by atoms with Crippen LogP contribution in [-0.2, 0) is 14.4 Å². The van der Waals surface area contributed by atoms with Crippen LogP contribution in [0.1, 0.15) is 116 Å². The molecule has 0 aromatic heterocycles. The number of aliphatic hydroxyl groups is 2. The van der Waals surface area contributed by atoms with Gasteiger partial charge in [-0.3, -0.25) is 4.79 Å². The first-order valence-electron chi connectivity index (χ1n) is 19.8. The molecular formula is C43H64N2O7. The van der Waals surface area contributed by atoms with E-state index in [4.69, 9.17) is 24.2 Å². The monoisotopic (exact) mass is 720 g/mol. The number of likely N-dealkylation sites (N-methyl/N-ethyl adjacent to an activating group) is 1. The lowest BCUT2D eigenvalue weighted by atomic mass is 9.55. The summed E-state index contributed by atoms with van der Waals surface area (Å²) in [5, 5.41) is 24.5. The average Bonchev–Trinajstić information content (AvgIpc) is 3.66. The Hall–Kier alpha value is -3.14. The van der Waals surface area contributed by atoms with Gasteiger partial charge in [0.2, 0.25) is 11.7 Å². The molecule has 288 valence electrons. The van der Waals surface area contributed by atoms with E-state index in [1.807, 2.05) is 44.9 Å². The van der Waals surface area contributed by atoms with Crippen molar-refractivity contribution in [3.05, 3.63) is 60.7 Å². The lowest BCUT2D eigenvalue weighted by Gasteiger charge is -2.59. The molecule has 0 saturated heterocycles. The molecule has 9 heteroatoms. The van der Waals surface area contributed by atoms with Gasteiger partial charge in [0.1, 0.15) is 29.7 Å². The molecule has 52 heavy (non-hydrogen) atoms. The van der Waals surface area contributed by atoms with E-state index in [2.05, 4.69) is 25.3 Å². The van der Waals surface area contributed by atoms with Crippen molar-refractivity contribution in [2.24, 2.45) is 28.8 Å². The molecule has 1 heterocycles. The number of carbonyl (C=O) groups is 1. The molecule has 6 atom stereocenters. The lowest BCUT2D eigenvalue weighted by molar-refractivity contribution is -0.255. The van der Waals surface area contributed by atoms with Gasteiger partial charge in [0, 0.05) is 44.6 Å². The maximum absolute atomic E-state index is 14.2. The third-order valence-corrected chi connectivity index (χ3v) is 11.5. The number of hydrogen-bond donors (Lipinski definition) is 2. The Labute approximate surface area is 312 Å². The molecule has 2 saturated carbocycles. The van der Waals surface area contributed by atoms with Gasteiger partial charge in [-0.1, -0.05) is 68.5 Å². The molecular weight excluding hydrogens is 656 g/mol. The van der Waals surface area contributed by atoms with Crippen LogP contribution in [0.3, 0.4) is 0 Å². The Balaban J connectivity index is 1.71. The zero-order chi connectivity index (χ0) is 37.3. The van der Waals surface area contributed by atoms with Crippen LogP contribution in [-0.4, -0.2) is 77.6 Å². The van der Waals surface area contributed by atoms with Gasteiger partial charge in [-0.05, 0) is 94.4 Å². The predicted molar refractivity (Wildman–Crippen MR) is 205 cm³/mol. The summed E-state index contributed by atoms with van der Waals surface area (Å²) in [5.41, 5.74) is 2.38. The highest BCUT2D eigenvalue weighted by Gasteiger charge is 2.65. The summed E-state index contributed by atoms with van der Waals surface area (Å²) in [6, 6.07) is 5.53. The SMILES string of the molecule is C=CCOc1ccc2c(c1)[C@H]1[C@H](CCCCO)[C@@H](CCCCO)C=C3C(=NOC(C)(C)C)C[C@H](N(C)C(=O)CCC4CCCC4)[C@@](OCC=C)(O2)[C@H]31. The van der Waals surface area contributed by atoms with Crippen LogP contribution < -0.4 is 9.47 Å². The predicted octanol–water partition coefficient (Wildman–Crippen LogP) is 8.11. The summed E-state index contributed by atoms with van der Waals surface area (Å²) < 4.78 is 20.3. The molecule has 3 aliphatic carbocycles. The van der Waals surface area contributed by atoms with Crippen molar-refractivity contribution in [2.75, 3.05) is 33.5 Å². The minimum Gasteiger partial charge on any atom is -0.490 e. The molecule has 1 amide bonds. The zero-order valence-corrected chi connectivity index (χ0v) is 32.2. The number of amides is 1. The number of aliphatic hydroxyl groups excluding tert-OH is 2. The fourth-order valence-electron chi connectivity index (χ4n) is 9.14. The second-order valence-electron chi connectivity index (χ2n) is 16.3. The highest BCUT2D eigenvalue weighted by Crippen LogP contribution is 2.62. The third-order valence-electron chi connectivity index (χ3n) is 11.5. The first kappa shape index (κ1) is 40.1. The molecule has 1 aliphatic heterocycles. The molecule has 9 nitrogen and oxygen atoms in total. The fourth-order valence-corrected chi connectivity index (χ4v) is 9.14. The van der Waals surface area contributed by atoms with Crippen molar-refractivity contribution in [3.8, 4) is 11.5 Å². The summed E-state index contributed by atoms with van der Waals surface area (Å²) in [5.74, 6) is 0.838. The van der Waals surface area contributed by atoms with E-state index in [0.29, 0.717) is 31.8 Å². The number of rotatable bonds is 19. The molecule has 0 radical (unpaired) electrons. The Bertz CT molecular complexity index is 1430. The first-order chi connectivity index (χ1) is 25.1. The van der Waals surface area contributed by atoms with Crippen molar-refractivity contribution in [3.63, 3.8) is 0 Å². The first-order valence-corrected chi connectivity index (χ1v) is 19.8. The largest absolute Gasteiger partial charge is 0.490 e. The van der Waals surface area contributed by atoms with Crippen LogP contribution >= 0.6 is 0 Å². The van der Waals surface area contributed by atoms with Crippen LogP contribution in [0.25, 0.3) is 0 Å². The summed E-state index contributed by atoms with van der Waals surface area (Å²) >= 11 is 0. The zero-order valence-electron chi connectivity index (χ0n) is 32.2. The molecule has 2 N–H and O–H groups in total. The number of ether oxygens (including phenoxy) is 3. The van der Waals surface area contributed by atoms with Crippen LogP contribution in [0.5, 0.6) is 11.5 Å². The third kappa shape index (κ3) is 9.14. The van der Waals surface area contributed by atoms with Crippen LogP contribution in [0, 0.1) is 23.7 Å². The molecule has 4 aliphatic rings. The minimum absolute atomic E-state index is 0.0803. The number of carbonyl (C=O) groups excluding carboxylic acids is 1. The Morgan fingerprint density at radius 2 is 1.75 bits per heavy atom. The highest BCUT2D eigenvalue weighted by molar-refractivity contribution is 6.03. The van der Waals surface area contributed by atoms with Gasteiger partial charge < -0.3 is 34.2 Å². The molecule has 1 aromatic rings. The highest BCUT2D eigenvalue weighted by atomic mass is 16.7. The Morgan fingerprint density at radius 1 is 1.04 bits per heavy atom. The van der Waals surface area contributed by atoms with Crippen molar-refractivity contribution in [1.29, 1.82) is 0 Å². The van der Waals surface area contributed by atoms with Gasteiger partial charge in [0.15, 0.2) is 0 Å². The van der Waals surface area contributed by atoms with Gasteiger partial charge in [-0.2, -0.15) is 0 Å². The number of allylic oxidation sites excluding steroid dienone is 1. The average molecular weight is 721 g/mol. The molecule has 0 unspecified atom stereocenters. The number of nitrogens with zero attached hydrogens (tertiary/aromatic N) is 2. The molecule has 5 rings (SSSR count). The summed E-state index contributed by atoms with van der Waals surface area (Å²) in [6.45, 7) is 14.7. The summed E-state index contributed by atoms with van der Waals surface area (Å²) in [4.78, 5) is 22.3. The van der Waals surface area contributed by atoms with E-state index in [-0.39, 0.29) is 49.4 Å². The van der Waals surface area contributed by atoms with Gasteiger partial charge >= 0.3 is 0 Å². The van der Waals surface area contributed by atoms with E-state index in [9.17, 15) is 15.0 Å². The molecule has 2 fully saturated rings. The summed E-state index contributed by atoms with van der Waals surface area (Å²) in [6.07, 6.45) is 17.5. The number of hydrogen-bond acceptors (Lipinski definition) is 8. The number of oxime groups is 1. The maximum atomic E-state index is 14.2. The Morgan fingerprint density at radius 3 is 2.42 bits per heavy atom. The topological polar surface area (TPSA) is 110 Å². The van der Waals surface area contributed by atoms with Crippen molar-refractivity contribution < 1.29 is 34.1 Å². The number of benzene rings is 1. The second kappa shape index (κ2) is 18.3. The van der Waals surface area contributed by atoms with Gasteiger partial charge in [0.25, 0.3) is 0 Å². The summed E-state index contributed by atoms with van der Waals surface area (Å²) in [7, 11) is 1.90. The van der Waals surface area contributed by atoms with Crippen LogP contribution in [0.15, 0.2) is 60.3 Å². The van der Waals surface area contributed by atoms with Gasteiger partial charge in [-0.25, -0.2) is 0 Å². The van der Waals surface area contributed by atoms with E-state index in [0.717, 1.165) is 66.9 Å². The quantitative estimate of drug-likeness (QED) is 0.0844. The maximum Gasteiger partial charge on any atom is 0.239 e. The van der Waals surface area contributed by atoms with E-state index < -0.39 is 17.4 Å². The van der Waals surface area contributed by atoms with Gasteiger partial charge in [-0.15, -0.1) is 6.58 Å². The number of fused-ring (bicyclic) bond motifs is 2. The van der Waals surface area contributed by atoms with Crippen molar-refractivity contribution in [2.45, 2.75) is 128 Å². The normalized spacial score (nSPS) is 27.6. The van der Waals surface area contributed by atoms with Crippen LogP contribution in [0.2, 0.25) is 0 Å². The van der Waals surface area contributed by atoms with E-state index in [1.54, 1.807) is 12.2 Å². The molecule has 1 aromatic carbocycles. The standard InChI is InChI=1S/C43H64N2O7/c1-7-25-49-32-20-21-37-35(28-32)40-33(18-12-14-24-47)31(17-11-13-23-46)27-34-36(44-52-42(3,4)5)29-38(43(51-37,41(34)40)50-26-8-2)45(6)39(48)22-19-30-15-9-10-16-30/h7-8,20-21,27-28,30-31,33,38,40-41,46-47H,1-2,9-19,22-26,29H2,3-6H3/t31-,33+,38-,40+,41+,43+/m0/s1. The van der Waals surface area contributed by atoms with Crippen LogP contribution in [0.4, 0.5) is 0 Å². The van der Waals surface area contributed by atoms with Crippen molar-refractivity contribution >= 4 is 11.6 Å². The lowest BCUT2D eigenvalue weighted by Crippen LogP contribution is -2.69. The smallest absolute Gasteiger partial charge is 0.239 e. The van der Waals surface area contributed by atoms with Crippen molar-refractivity contribution in [1.82, 2.24) is 4.90 Å².